The second-order valence-electron chi connectivity index (χ2n) is 2.92. The fourth-order valence-corrected chi connectivity index (χ4v) is 1.15. The van der Waals surface area contributed by atoms with Crippen LogP contribution >= 0.6 is 0 Å². The van der Waals surface area contributed by atoms with Crippen molar-refractivity contribution < 1.29 is 9.53 Å². The molecule has 1 aromatic carbocycles. The van der Waals surface area contributed by atoms with E-state index in [1.54, 1.807) is 0 Å². The smallest absolute Gasteiger partial charge is 0.156 e. The summed E-state index contributed by atoms with van der Waals surface area (Å²) in [7, 11) is 0. The second-order valence-corrected chi connectivity index (χ2v) is 2.92. The van der Waals surface area contributed by atoms with Gasteiger partial charge >= 0.3 is 0 Å². The topological polar surface area (TPSA) is 26.3 Å². The van der Waals surface area contributed by atoms with Crippen molar-refractivity contribution in [1.29, 1.82) is 0 Å². The lowest BCUT2D eigenvalue weighted by Crippen LogP contribution is -1.94. The third-order valence-corrected chi connectivity index (χ3v) is 1.69. The van der Waals surface area contributed by atoms with Gasteiger partial charge in [-0.1, -0.05) is 30.3 Å². The van der Waals surface area contributed by atoms with Crippen molar-refractivity contribution in [3.63, 3.8) is 0 Å². The Morgan fingerprint density at radius 1 is 1.36 bits per heavy atom. The van der Waals surface area contributed by atoms with Crippen LogP contribution in [0.1, 0.15) is 19.4 Å². The first-order chi connectivity index (χ1) is 6.74. The van der Waals surface area contributed by atoms with E-state index in [-0.39, 0.29) is 5.78 Å². The first kappa shape index (κ1) is 10.5. The van der Waals surface area contributed by atoms with Crippen LogP contribution in [-0.4, -0.2) is 12.4 Å². The molecule has 0 saturated heterocycles. The molecule has 74 valence electrons. The highest BCUT2D eigenvalue weighted by Crippen LogP contribution is 2.14. The molecule has 0 aromatic heterocycles. The predicted octanol–water partition coefficient (Wildman–Crippen LogP) is 2.65. The molecule has 0 aliphatic rings. The van der Waals surface area contributed by atoms with Crippen LogP contribution in [0.3, 0.4) is 0 Å². The predicted molar refractivity (Wildman–Crippen MR) is 56.7 cm³/mol. The second kappa shape index (κ2) is 5.22. The van der Waals surface area contributed by atoms with Gasteiger partial charge in [0.05, 0.1) is 6.61 Å². The van der Waals surface area contributed by atoms with Gasteiger partial charge in [-0.2, -0.15) is 0 Å². The summed E-state index contributed by atoms with van der Waals surface area (Å²) in [5, 5.41) is 0. The van der Waals surface area contributed by atoms with E-state index in [2.05, 4.69) is 0 Å². The molecule has 0 aliphatic carbocycles. The van der Waals surface area contributed by atoms with Crippen molar-refractivity contribution in [2.75, 3.05) is 6.61 Å². The molecule has 0 radical (unpaired) electrons. The fraction of sp³-hybridized carbons (Fsp3) is 0.250. The number of rotatable bonds is 4. The number of allylic oxidation sites excluding steroid dienone is 1. The Bertz CT molecular complexity index is 325. The lowest BCUT2D eigenvalue weighted by Gasteiger charge is -2.07. The molecule has 14 heavy (non-hydrogen) atoms. The summed E-state index contributed by atoms with van der Waals surface area (Å²) in [6, 6.07) is 9.61. The van der Waals surface area contributed by atoms with Crippen LogP contribution < -0.4 is 0 Å². The van der Waals surface area contributed by atoms with Crippen LogP contribution in [0, 0.1) is 0 Å². The van der Waals surface area contributed by atoms with Crippen molar-refractivity contribution in [3.8, 4) is 0 Å². The number of hydrogen-bond acceptors (Lipinski definition) is 2. The Balaban J connectivity index is 2.94. The van der Waals surface area contributed by atoms with Gasteiger partial charge in [-0.05, 0) is 13.8 Å². The summed E-state index contributed by atoms with van der Waals surface area (Å²) in [5.41, 5.74) is 0.935. The third-order valence-electron chi connectivity index (χ3n) is 1.69. The normalized spacial score (nSPS) is 11.1. The molecule has 0 saturated carbocycles. The van der Waals surface area contributed by atoms with Crippen LogP contribution in [-0.2, 0) is 9.53 Å². The summed E-state index contributed by atoms with van der Waals surface area (Å²) < 4.78 is 5.38. The molecule has 0 amide bonds. The van der Waals surface area contributed by atoms with Gasteiger partial charge in [-0.3, -0.25) is 4.79 Å². The fourth-order valence-electron chi connectivity index (χ4n) is 1.15. The van der Waals surface area contributed by atoms with E-state index >= 15 is 0 Å². The highest BCUT2D eigenvalue weighted by atomic mass is 16.5. The maximum atomic E-state index is 10.9. The van der Waals surface area contributed by atoms with E-state index in [9.17, 15) is 4.79 Å². The van der Waals surface area contributed by atoms with Gasteiger partial charge < -0.3 is 4.74 Å². The highest BCUT2D eigenvalue weighted by molar-refractivity contribution is 5.93. The molecule has 0 aliphatic heterocycles. The zero-order valence-electron chi connectivity index (χ0n) is 8.49. The van der Waals surface area contributed by atoms with Gasteiger partial charge in [0.2, 0.25) is 0 Å². The SMILES string of the molecule is CCO/C(=C\C(C)=O)c1ccccc1. The zero-order chi connectivity index (χ0) is 10.4. The molecule has 1 aromatic rings. The molecule has 2 nitrogen and oxygen atoms in total. The summed E-state index contributed by atoms with van der Waals surface area (Å²) >= 11 is 0. The van der Waals surface area contributed by atoms with E-state index in [1.165, 1.54) is 13.0 Å². The Morgan fingerprint density at radius 3 is 2.50 bits per heavy atom. The van der Waals surface area contributed by atoms with Crippen LogP contribution in [0.2, 0.25) is 0 Å². The number of carbonyl (C=O) groups excluding carboxylic acids is 1. The minimum absolute atomic E-state index is 0.00250. The molecule has 0 unspecified atom stereocenters. The average Bonchev–Trinajstić information content (AvgIpc) is 2.18. The van der Waals surface area contributed by atoms with Crippen molar-refractivity contribution in [1.82, 2.24) is 0 Å². The van der Waals surface area contributed by atoms with Gasteiger partial charge in [-0.25, -0.2) is 0 Å². The minimum atomic E-state index is -0.00250. The molecule has 0 bridgehead atoms. The number of ether oxygens (including phenoxy) is 1. The molecule has 1 rings (SSSR count). The van der Waals surface area contributed by atoms with Crippen molar-refractivity contribution in [2.24, 2.45) is 0 Å². The van der Waals surface area contributed by atoms with E-state index in [0.717, 1.165) is 5.56 Å². The van der Waals surface area contributed by atoms with Gasteiger partial charge in [0, 0.05) is 11.6 Å². The van der Waals surface area contributed by atoms with Crippen molar-refractivity contribution >= 4 is 11.5 Å². The van der Waals surface area contributed by atoms with Crippen LogP contribution in [0.4, 0.5) is 0 Å². The first-order valence-electron chi connectivity index (χ1n) is 4.64. The van der Waals surface area contributed by atoms with Gasteiger partial charge in [-0.15, -0.1) is 0 Å². The molecule has 2 heteroatoms. The quantitative estimate of drug-likeness (QED) is 0.539. The van der Waals surface area contributed by atoms with Crippen LogP contribution in [0.5, 0.6) is 0 Å². The summed E-state index contributed by atoms with van der Waals surface area (Å²) in [6.07, 6.45) is 1.51. The molecule has 0 spiro atoms. The molecule has 0 atom stereocenters. The van der Waals surface area contributed by atoms with E-state index in [4.69, 9.17) is 4.74 Å². The molecule has 0 heterocycles. The molecule has 0 N–H and O–H groups in total. The number of benzene rings is 1. The largest absolute Gasteiger partial charge is 0.493 e. The van der Waals surface area contributed by atoms with Gasteiger partial charge in [0.25, 0.3) is 0 Å². The lowest BCUT2D eigenvalue weighted by atomic mass is 10.1. The zero-order valence-corrected chi connectivity index (χ0v) is 8.49. The van der Waals surface area contributed by atoms with Crippen molar-refractivity contribution in [2.45, 2.75) is 13.8 Å². The molecular formula is C12H14O2. The lowest BCUT2D eigenvalue weighted by molar-refractivity contribution is -0.112. The highest BCUT2D eigenvalue weighted by Gasteiger charge is 2.01. The maximum absolute atomic E-state index is 10.9. The van der Waals surface area contributed by atoms with Gasteiger partial charge in [0.15, 0.2) is 5.78 Å². The number of carbonyl (C=O) groups is 1. The van der Waals surface area contributed by atoms with E-state index in [1.807, 2.05) is 37.3 Å². The standard InChI is InChI=1S/C12H14O2/c1-3-14-12(9-10(2)13)11-7-5-4-6-8-11/h4-9H,3H2,1-2H3/b12-9-. The maximum Gasteiger partial charge on any atom is 0.156 e. The Hall–Kier alpha value is -1.57. The summed E-state index contributed by atoms with van der Waals surface area (Å²) in [6.45, 7) is 3.98. The minimum Gasteiger partial charge on any atom is -0.493 e. The number of hydrogen-bond donors (Lipinski definition) is 0. The summed E-state index contributed by atoms with van der Waals surface area (Å²) in [5.74, 6) is 0.637. The Morgan fingerprint density at radius 2 is 2.00 bits per heavy atom. The van der Waals surface area contributed by atoms with Crippen LogP contribution in [0.25, 0.3) is 5.76 Å². The molecular weight excluding hydrogens is 176 g/mol. The average molecular weight is 190 g/mol. The third kappa shape index (κ3) is 3.05. The van der Waals surface area contributed by atoms with Gasteiger partial charge in [0.1, 0.15) is 5.76 Å². The Kier molecular flexibility index (Phi) is 3.92. The first-order valence-corrected chi connectivity index (χ1v) is 4.64. The monoisotopic (exact) mass is 190 g/mol. The van der Waals surface area contributed by atoms with Crippen molar-refractivity contribution in [3.05, 3.63) is 42.0 Å². The summed E-state index contributed by atoms with van der Waals surface area (Å²) in [4.78, 5) is 10.9. The van der Waals surface area contributed by atoms with E-state index in [0.29, 0.717) is 12.4 Å². The van der Waals surface area contributed by atoms with Crippen LogP contribution in [0.15, 0.2) is 36.4 Å². The molecule has 0 fully saturated rings. The number of ketones is 1. The Labute approximate surface area is 84.2 Å². The van der Waals surface area contributed by atoms with E-state index < -0.39 is 0 Å².